The summed E-state index contributed by atoms with van der Waals surface area (Å²) in [4.78, 5) is 11.3. The minimum atomic E-state index is -4.57. The number of benzene rings is 1. The van der Waals surface area contributed by atoms with Crippen molar-refractivity contribution in [1.82, 2.24) is 5.32 Å². The van der Waals surface area contributed by atoms with Crippen LogP contribution in [0.4, 0.5) is 29.3 Å². The van der Waals surface area contributed by atoms with Crippen LogP contribution in [0.15, 0.2) is 18.2 Å². The van der Waals surface area contributed by atoms with Crippen LogP contribution in [0, 0.1) is 0 Å². The third-order valence-electron chi connectivity index (χ3n) is 2.13. The lowest BCUT2D eigenvalue weighted by atomic mass is 10.1. The summed E-state index contributed by atoms with van der Waals surface area (Å²) >= 11 is 0. The summed E-state index contributed by atoms with van der Waals surface area (Å²) in [6.45, 7) is 2.23. The smallest absolute Gasteiger partial charge is 0.399 e. The van der Waals surface area contributed by atoms with Crippen molar-refractivity contribution in [3.63, 3.8) is 0 Å². The molecule has 0 unspecified atom stereocenters. The number of anilines is 2. The molecule has 4 nitrogen and oxygen atoms in total. The molecular weight excluding hydrogens is 247 g/mol. The number of urea groups is 1. The molecule has 0 fully saturated rings. The van der Waals surface area contributed by atoms with Gasteiger partial charge in [-0.25, -0.2) is 4.79 Å². The quantitative estimate of drug-likeness (QED) is 0.732. The second kappa shape index (κ2) is 5.61. The van der Waals surface area contributed by atoms with Gasteiger partial charge in [-0.05, 0) is 24.6 Å². The highest BCUT2D eigenvalue weighted by Crippen LogP contribution is 2.35. The molecule has 0 saturated carbocycles. The first-order chi connectivity index (χ1) is 8.34. The van der Waals surface area contributed by atoms with Crippen LogP contribution in [-0.4, -0.2) is 12.6 Å². The van der Waals surface area contributed by atoms with E-state index in [1.54, 1.807) is 0 Å². The van der Waals surface area contributed by atoms with Crippen molar-refractivity contribution in [3.8, 4) is 0 Å². The first kappa shape index (κ1) is 14.1. The van der Waals surface area contributed by atoms with Crippen LogP contribution in [0.25, 0.3) is 0 Å². The van der Waals surface area contributed by atoms with Gasteiger partial charge in [0.25, 0.3) is 0 Å². The number of rotatable bonds is 3. The van der Waals surface area contributed by atoms with Gasteiger partial charge in [0, 0.05) is 12.2 Å². The van der Waals surface area contributed by atoms with Crippen LogP contribution in [0.3, 0.4) is 0 Å². The van der Waals surface area contributed by atoms with Gasteiger partial charge in [-0.15, -0.1) is 0 Å². The van der Waals surface area contributed by atoms with E-state index in [1.165, 1.54) is 6.07 Å². The molecule has 0 radical (unpaired) electrons. The normalized spacial score (nSPS) is 11.1. The largest absolute Gasteiger partial charge is 0.418 e. The number of halogens is 3. The average molecular weight is 261 g/mol. The van der Waals surface area contributed by atoms with Crippen LogP contribution in [0.5, 0.6) is 0 Å². The van der Waals surface area contributed by atoms with Gasteiger partial charge in [-0.3, -0.25) is 0 Å². The summed E-state index contributed by atoms with van der Waals surface area (Å²) < 4.78 is 38.1. The van der Waals surface area contributed by atoms with Crippen molar-refractivity contribution in [3.05, 3.63) is 23.8 Å². The Morgan fingerprint density at radius 2 is 2.06 bits per heavy atom. The average Bonchev–Trinajstić information content (AvgIpc) is 2.27. The molecular formula is C11H14F3N3O. The summed E-state index contributed by atoms with van der Waals surface area (Å²) in [5, 5.41) is 4.58. The van der Waals surface area contributed by atoms with Gasteiger partial charge in [0.2, 0.25) is 0 Å². The molecule has 18 heavy (non-hydrogen) atoms. The van der Waals surface area contributed by atoms with Crippen molar-refractivity contribution in [2.75, 3.05) is 17.6 Å². The first-order valence-corrected chi connectivity index (χ1v) is 5.36. The fourth-order valence-corrected chi connectivity index (χ4v) is 1.31. The fourth-order valence-electron chi connectivity index (χ4n) is 1.31. The highest BCUT2D eigenvalue weighted by molar-refractivity contribution is 5.90. The predicted octanol–water partition coefficient (Wildman–Crippen LogP) is 2.82. The van der Waals surface area contributed by atoms with E-state index in [1.807, 2.05) is 6.92 Å². The zero-order valence-corrected chi connectivity index (χ0v) is 9.77. The van der Waals surface area contributed by atoms with Crippen LogP contribution >= 0.6 is 0 Å². The van der Waals surface area contributed by atoms with E-state index in [-0.39, 0.29) is 11.4 Å². The van der Waals surface area contributed by atoms with Gasteiger partial charge in [0.15, 0.2) is 0 Å². The van der Waals surface area contributed by atoms with Gasteiger partial charge in [-0.1, -0.05) is 6.92 Å². The number of carbonyl (C=O) groups excluding carboxylic acids is 1. The molecule has 0 aliphatic heterocycles. The number of alkyl halides is 3. The predicted molar refractivity (Wildman–Crippen MR) is 63.2 cm³/mol. The first-order valence-electron chi connectivity index (χ1n) is 5.36. The molecule has 1 aromatic rings. The van der Waals surface area contributed by atoms with E-state index < -0.39 is 17.8 Å². The van der Waals surface area contributed by atoms with Crippen LogP contribution < -0.4 is 16.4 Å². The monoisotopic (exact) mass is 261 g/mol. The summed E-state index contributed by atoms with van der Waals surface area (Å²) in [5.41, 5.74) is 4.02. The molecule has 2 amide bonds. The Bertz CT molecular complexity index is 432. The molecule has 100 valence electrons. The highest BCUT2D eigenvalue weighted by atomic mass is 19.4. The third-order valence-corrected chi connectivity index (χ3v) is 2.13. The maximum Gasteiger partial charge on any atom is 0.418 e. The number of carbonyl (C=O) groups is 1. The molecule has 0 aliphatic rings. The molecule has 7 heteroatoms. The lowest BCUT2D eigenvalue weighted by Gasteiger charge is -2.14. The second-order valence-electron chi connectivity index (χ2n) is 3.68. The Morgan fingerprint density at radius 3 is 2.61 bits per heavy atom. The highest BCUT2D eigenvalue weighted by Gasteiger charge is 2.34. The molecule has 1 rings (SSSR count). The maximum absolute atomic E-state index is 12.7. The van der Waals surface area contributed by atoms with Crippen molar-refractivity contribution in [1.29, 1.82) is 0 Å². The summed E-state index contributed by atoms with van der Waals surface area (Å²) in [6, 6.07) is 2.54. The van der Waals surface area contributed by atoms with Gasteiger partial charge < -0.3 is 16.4 Å². The topological polar surface area (TPSA) is 67.2 Å². The number of hydrogen-bond donors (Lipinski definition) is 3. The van der Waals surface area contributed by atoms with Crippen molar-refractivity contribution in [2.45, 2.75) is 19.5 Å². The van der Waals surface area contributed by atoms with E-state index in [2.05, 4.69) is 10.6 Å². The Morgan fingerprint density at radius 1 is 1.39 bits per heavy atom. The Hall–Kier alpha value is -1.92. The van der Waals surface area contributed by atoms with Gasteiger partial charge in [0.05, 0.1) is 11.3 Å². The summed E-state index contributed by atoms with van der Waals surface area (Å²) in [6.07, 6.45) is -3.87. The molecule has 0 bridgehead atoms. The zero-order chi connectivity index (χ0) is 13.8. The van der Waals surface area contributed by atoms with E-state index >= 15 is 0 Å². The fraction of sp³-hybridized carbons (Fsp3) is 0.364. The Balaban J connectivity index is 2.92. The Kier molecular flexibility index (Phi) is 4.41. The second-order valence-corrected chi connectivity index (χ2v) is 3.68. The van der Waals surface area contributed by atoms with Gasteiger partial charge in [0.1, 0.15) is 0 Å². The molecule has 0 atom stereocenters. The van der Waals surface area contributed by atoms with Gasteiger partial charge in [-0.2, -0.15) is 13.2 Å². The molecule has 4 N–H and O–H groups in total. The van der Waals surface area contributed by atoms with E-state index in [0.29, 0.717) is 13.0 Å². The molecule has 0 spiro atoms. The molecule has 0 aromatic heterocycles. The van der Waals surface area contributed by atoms with Crippen LogP contribution in [-0.2, 0) is 6.18 Å². The number of nitrogen functional groups attached to an aromatic ring is 1. The van der Waals surface area contributed by atoms with Crippen molar-refractivity contribution < 1.29 is 18.0 Å². The number of nitrogens with two attached hydrogens (primary N) is 1. The molecule has 0 aliphatic carbocycles. The standard InChI is InChI=1S/C11H14F3N3O/c1-2-5-16-10(18)17-9-4-3-7(15)6-8(9)11(12,13)14/h3-4,6H,2,5,15H2,1H3,(H2,16,17,18). The van der Waals surface area contributed by atoms with Crippen molar-refractivity contribution >= 4 is 17.4 Å². The zero-order valence-electron chi connectivity index (χ0n) is 9.77. The lowest BCUT2D eigenvalue weighted by molar-refractivity contribution is -0.136. The Labute approximate surface area is 102 Å². The SMILES string of the molecule is CCCNC(=O)Nc1ccc(N)cc1C(F)(F)F. The molecule has 0 heterocycles. The number of amides is 2. The lowest BCUT2D eigenvalue weighted by Crippen LogP contribution is -2.30. The van der Waals surface area contributed by atoms with Crippen LogP contribution in [0.1, 0.15) is 18.9 Å². The minimum Gasteiger partial charge on any atom is -0.399 e. The maximum atomic E-state index is 12.7. The third kappa shape index (κ3) is 3.83. The van der Waals surface area contributed by atoms with Gasteiger partial charge >= 0.3 is 12.2 Å². The minimum absolute atomic E-state index is 0.0122. The molecule has 1 aromatic carbocycles. The van der Waals surface area contributed by atoms with E-state index in [4.69, 9.17) is 5.73 Å². The van der Waals surface area contributed by atoms with E-state index in [9.17, 15) is 18.0 Å². The van der Waals surface area contributed by atoms with Crippen LogP contribution in [0.2, 0.25) is 0 Å². The van der Waals surface area contributed by atoms with Crippen molar-refractivity contribution in [2.24, 2.45) is 0 Å². The number of hydrogen-bond acceptors (Lipinski definition) is 2. The number of nitrogens with one attached hydrogen (secondary N) is 2. The summed E-state index contributed by atoms with van der Waals surface area (Å²) in [7, 11) is 0. The van der Waals surface area contributed by atoms with E-state index in [0.717, 1.165) is 12.1 Å². The summed E-state index contributed by atoms with van der Waals surface area (Å²) in [5.74, 6) is 0. The molecule has 0 saturated heterocycles.